The van der Waals surface area contributed by atoms with Gasteiger partial charge in [-0.2, -0.15) is 8.78 Å². The first-order valence-electron chi connectivity index (χ1n) is 8.72. The van der Waals surface area contributed by atoms with E-state index in [0.717, 1.165) is 38.5 Å². The van der Waals surface area contributed by atoms with Gasteiger partial charge in [-0.15, -0.1) is 0 Å². The van der Waals surface area contributed by atoms with Gasteiger partial charge in [0.2, 0.25) is 5.91 Å². The first-order chi connectivity index (χ1) is 12.1. The van der Waals surface area contributed by atoms with Gasteiger partial charge in [-0.05, 0) is 37.8 Å². The molecule has 136 valence electrons. The van der Waals surface area contributed by atoms with Gasteiger partial charge in [0.05, 0.1) is 7.11 Å². The maximum Gasteiger partial charge on any atom is 0.387 e. The molecule has 1 amide bonds. The Hall–Kier alpha value is -2.11. The Morgan fingerprint density at radius 2 is 1.88 bits per heavy atom. The minimum atomic E-state index is -2.96. The summed E-state index contributed by atoms with van der Waals surface area (Å²) in [5.41, 5.74) is 0.398. The highest BCUT2D eigenvalue weighted by molar-refractivity contribution is 5.93. The molecule has 2 fully saturated rings. The number of hydrogen-bond donors (Lipinski definition) is 0. The van der Waals surface area contributed by atoms with Gasteiger partial charge in [0, 0.05) is 23.7 Å². The molecule has 0 spiro atoms. The largest absolute Gasteiger partial charge is 0.493 e. The Morgan fingerprint density at radius 1 is 1.20 bits per heavy atom. The Labute approximate surface area is 146 Å². The number of halogens is 2. The summed E-state index contributed by atoms with van der Waals surface area (Å²) in [7, 11) is 1.39. The van der Waals surface area contributed by atoms with Crippen molar-refractivity contribution in [1.82, 2.24) is 4.90 Å². The van der Waals surface area contributed by atoms with Crippen molar-refractivity contribution in [2.24, 2.45) is 0 Å². The monoisotopic (exact) mass is 351 g/mol. The average Bonchev–Trinajstić information content (AvgIpc) is 3.27. The SMILES string of the molecule is COc1cccc(/C=C\C(=O)N(C2CCCC2)C2CC2)c1OC(F)F. The van der Waals surface area contributed by atoms with Crippen molar-refractivity contribution < 1.29 is 23.0 Å². The van der Waals surface area contributed by atoms with Crippen LogP contribution in [0.4, 0.5) is 8.78 Å². The molecule has 0 atom stereocenters. The van der Waals surface area contributed by atoms with Crippen molar-refractivity contribution in [3.63, 3.8) is 0 Å². The number of nitrogens with zero attached hydrogens (tertiary/aromatic N) is 1. The number of rotatable bonds is 7. The van der Waals surface area contributed by atoms with E-state index in [9.17, 15) is 13.6 Å². The molecule has 0 saturated heterocycles. The summed E-state index contributed by atoms with van der Waals surface area (Å²) < 4.78 is 35.0. The van der Waals surface area contributed by atoms with Crippen molar-refractivity contribution in [3.8, 4) is 11.5 Å². The minimum Gasteiger partial charge on any atom is -0.493 e. The van der Waals surface area contributed by atoms with Crippen molar-refractivity contribution >= 4 is 12.0 Å². The van der Waals surface area contributed by atoms with Crippen LogP contribution in [-0.4, -0.2) is 36.6 Å². The van der Waals surface area contributed by atoms with Crippen LogP contribution in [0.15, 0.2) is 24.3 Å². The Morgan fingerprint density at radius 3 is 2.48 bits per heavy atom. The summed E-state index contributed by atoms with van der Waals surface area (Å²) in [6.45, 7) is -2.96. The molecule has 0 heterocycles. The predicted octanol–water partition coefficient (Wildman–Crippen LogP) is 4.24. The van der Waals surface area contributed by atoms with Crippen molar-refractivity contribution in [2.75, 3.05) is 7.11 Å². The number of para-hydroxylation sites is 1. The third-order valence-corrected chi connectivity index (χ3v) is 4.75. The number of methoxy groups -OCH3 is 1. The molecule has 2 saturated carbocycles. The fraction of sp³-hybridized carbons (Fsp3) is 0.526. The molecule has 0 aliphatic heterocycles. The summed E-state index contributed by atoms with van der Waals surface area (Å²) in [6, 6.07) is 5.50. The molecular formula is C19H23F2NO3. The summed E-state index contributed by atoms with van der Waals surface area (Å²) >= 11 is 0. The molecule has 1 aromatic carbocycles. The van der Waals surface area contributed by atoms with Crippen LogP contribution in [0.2, 0.25) is 0 Å². The molecule has 0 unspecified atom stereocenters. The highest BCUT2D eigenvalue weighted by Gasteiger charge is 2.37. The van der Waals surface area contributed by atoms with Gasteiger partial charge in [-0.3, -0.25) is 4.79 Å². The van der Waals surface area contributed by atoms with Crippen LogP contribution in [0.1, 0.15) is 44.1 Å². The van der Waals surface area contributed by atoms with Crippen LogP contribution >= 0.6 is 0 Å². The molecule has 2 aliphatic carbocycles. The maximum atomic E-state index is 12.7. The molecule has 25 heavy (non-hydrogen) atoms. The molecule has 1 aromatic rings. The van der Waals surface area contributed by atoms with Crippen LogP contribution in [0.5, 0.6) is 11.5 Å². The standard InChI is InChI=1S/C19H23F2NO3/c1-24-16-8-4-5-13(18(16)25-19(20)21)9-12-17(23)22(15-10-11-15)14-6-2-3-7-14/h4-5,8-9,12,14-15,19H,2-3,6-7,10-11H2,1H3/b12-9-. The number of alkyl halides is 2. The Bertz CT molecular complexity index is 638. The van der Waals surface area contributed by atoms with E-state index < -0.39 is 6.61 Å². The Balaban J connectivity index is 1.79. The quantitative estimate of drug-likeness (QED) is 0.690. The first-order valence-corrected chi connectivity index (χ1v) is 8.72. The lowest BCUT2D eigenvalue weighted by atomic mass is 10.1. The molecule has 4 nitrogen and oxygen atoms in total. The van der Waals surface area contributed by atoms with Gasteiger partial charge < -0.3 is 14.4 Å². The normalized spacial score (nSPS) is 18.1. The zero-order chi connectivity index (χ0) is 17.8. The maximum absolute atomic E-state index is 12.7. The van der Waals surface area contributed by atoms with E-state index in [1.165, 1.54) is 19.3 Å². The van der Waals surface area contributed by atoms with E-state index in [4.69, 9.17) is 4.74 Å². The lowest BCUT2D eigenvalue weighted by molar-refractivity contribution is -0.128. The van der Waals surface area contributed by atoms with Gasteiger partial charge >= 0.3 is 6.61 Å². The number of carbonyl (C=O) groups excluding carboxylic acids is 1. The third-order valence-electron chi connectivity index (χ3n) is 4.75. The minimum absolute atomic E-state index is 0.0529. The van der Waals surface area contributed by atoms with Crippen LogP contribution in [0.25, 0.3) is 6.08 Å². The summed E-state index contributed by atoms with van der Waals surface area (Å²) in [4.78, 5) is 14.7. The van der Waals surface area contributed by atoms with Crippen LogP contribution in [-0.2, 0) is 4.79 Å². The lowest BCUT2D eigenvalue weighted by Gasteiger charge is -2.28. The lowest BCUT2D eigenvalue weighted by Crippen LogP contribution is -2.39. The molecule has 0 N–H and O–H groups in total. The fourth-order valence-electron chi connectivity index (χ4n) is 3.48. The number of benzene rings is 1. The average molecular weight is 351 g/mol. The second-order valence-corrected chi connectivity index (χ2v) is 6.51. The van der Waals surface area contributed by atoms with E-state index in [0.29, 0.717) is 17.6 Å². The van der Waals surface area contributed by atoms with E-state index >= 15 is 0 Å². The van der Waals surface area contributed by atoms with Crippen LogP contribution in [0, 0.1) is 0 Å². The zero-order valence-corrected chi connectivity index (χ0v) is 14.3. The highest BCUT2D eigenvalue weighted by Crippen LogP contribution is 2.36. The van der Waals surface area contributed by atoms with Gasteiger partial charge in [-0.1, -0.05) is 25.0 Å². The van der Waals surface area contributed by atoms with Gasteiger partial charge in [0.25, 0.3) is 0 Å². The molecule has 3 rings (SSSR count). The highest BCUT2D eigenvalue weighted by atomic mass is 19.3. The fourth-order valence-corrected chi connectivity index (χ4v) is 3.48. The third kappa shape index (κ3) is 4.30. The van der Waals surface area contributed by atoms with E-state index in [1.807, 2.05) is 4.90 Å². The first kappa shape index (κ1) is 17.7. The molecule has 0 bridgehead atoms. The molecular weight excluding hydrogens is 328 g/mol. The number of carbonyl (C=O) groups is 1. The zero-order valence-electron chi connectivity index (χ0n) is 14.3. The van der Waals surface area contributed by atoms with Gasteiger partial charge in [-0.25, -0.2) is 0 Å². The Kier molecular flexibility index (Phi) is 5.56. The molecule has 2 aliphatic rings. The summed E-state index contributed by atoms with van der Waals surface area (Å²) in [5.74, 6) is 0.104. The number of ether oxygens (including phenoxy) is 2. The van der Waals surface area contributed by atoms with E-state index in [-0.39, 0.29) is 17.4 Å². The smallest absolute Gasteiger partial charge is 0.387 e. The van der Waals surface area contributed by atoms with Crippen LogP contribution < -0.4 is 9.47 Å². The van der Waals surface area contributed by atoms with Gasteiger partial charge in [0.1, 0.15) is 0 Å². The topological polar surface area (TPSA) is 38.8 Å². The van der Waals surface area contributed by atoms with E-state index in [1.54, 1.807) is 18.2 Å². The van der Waals surface area contributed by atoms with Crippen molar-refractivity contribution in [3.05, 3.63) is 29.8 Å². The van der Waals surface area contributed by atoms with Crippen molar-refractivity contribution in [2.45, 2.75) is 57.2 Å². The van der Waals surface area contributed by atoms with Crippen LogP contribution in [0.3, 0.4) is 0 Å². The van der Waals surface area contributed by atoms with Gasteiger partial charge in [0.15, 0.2) is 11.5 Å². The molecule has 6 heteroatoms. The molecule has 0 aromatic heterocycles. The second kappa shape index (κ2) is 7.85. The second-order valence-electron chi connectivity index (χ2n) is 6.51. The number of amides is 1. The van der Waals surface area contributed by atoms with E-state index in [2.05, 4.69) is 4.74 Å². The number of hydrogen-bond acceptors (Lipinski definition) is 3. The summed E-state index contributed by atoms with van der Waals surface area (Å²) in [5, 5.41) is 0. The summed E-state index contributed by atoms with van der Waals surface area (Å²) in [6.07, 6.45) is 9.52. The molecule has 0 radical (unpaired) electrons. The predicted molar refractivity (Wildman–Crippen MR) is 90.8 cm³/mol. The van der Waals surface area contributed by atoms with Crippen molar-refractivity contribution in [1.29, 1.82) is 0 Å².